The van der Waals surface area contributed by atoms with E-state index in [2.05, 4.69) is 41.6 Å². The van der Waals surface area contributed by atoms with E-state index in [9.17, 15) is 4.79 Å². The first kappa shape index (κ1) is 14.9. The minimum absolute atomic E-state index is 0.182. The fraction of sp³-hybridized carbons (Fsp3) is 0.550. The number of aromatic nitrogens is 1. The van der Waals surface area contributed by atoms with Gasteiger partial charge in [-0.1, -0.05) is 12.1 Å². The number of aryl methyl sites for hydroxylation is 2. The number of rotatable bonds is 4. The highest BCUT2D eigenvalue weighted by atomic mass is 16.1. The van der Waals surface area contributed by atoms with Crippen molar-refractivity contribution in [1.29, 1.82) is 0 Å². The third kappa shape index (κ3) is 2.94. The fourth-order valence-electron chi connectivity index (χ4n) is 3.96. The van der Waals surface area contributed by atoms with Crippen LogP contribution in [0.1, 0.15) is 41.7 Å². The molecule has 0 spiro atoms. The largest absolute Gasteiger partial charge is 0.348 e. The van der Waals surface area contributed by atoms with Gasteiger partial charge in [0.2, 0.25) is 0 Å². The summed E-state index contributed by atoms with van der Waals surface area (Å²) in [6.45, 7) is 5.45. The van der Waals surface area contributed by atoms with Crippen LogP contribution in [0.3, 0.4) is 0 Å². The van der Waals surface area contributed by atoms with Crippen molar-refractivity contribution in [2.24, 2.45) is 18.9 Å². The Balaban J connectivity index is 1.54. The third-order valence-electron chi connectivity index (χ3n) is 5.66. The standard InChI is InChI=1S/C20H26N2O/c1-14-10-16-7-8-17(11-19(16)21(14)2)20(23)18-4-3-9-22(13-18)12-15-5-6-15/h7-8,10-11,15,18H,3-6,9,12-13H2,1-2H3. The number of ketones is 1. The summed E-state index contributed by atoms with van der Waals surface area (Å²) in [4.78, 5) is 15.5. The molecule has 0 bridgehead atoms. The van der Waals surface area contributed by atoms with Crippen LogP contribution in [0.15, 0.2) is 24.3 Å². The average molecular weight is 310 g/mol. The molecule has 2 aliphatic rings. The van der Waals surface area contributed by atoms with Crippen LogP contribution in [0.4, 0.5) is 0 Å². The number of benzene rings is 1. The van der Waals surface area contributed by atoms with Crippen LogP contribution in [0, 0.1) is 18.8 Å². The number of hydrogen-bond acceptors (Lipinski definition) is 2. The zero-order valence-corrected chi connectivity index (χ0v) is 14.2. The van der Waals surface area contributed by atoms with Gasteiger partial charge in [0.15, 0.2) is 5.78 Å². The lowest BCUT2D eigenvalue weighted by Gasteiger charge is -2.32. The molecule has 1 atom stereocenters. The predicted octanol–water partition coefficient (Wildman–Crippen LogP) is 3.79. The first-order valence-corrected chi connectivity index (χ1v) is 8.94. The maximum Gasteiger partial charge on any atom is 0.167 e. The van der Waals surface area contributed by atoms with Gasteiger partial charge >= 0.3 is 0 Å². The highest BCUT2D eigenvalue weighted by molar-refractivity contribution is 6.01. The number of piperidine rings is 1. The lowest BCUT2D eigenvalue weighted by Crippen LogP contribution is -2.39. The SMILES string of the molecule is Cc1cc2ccc(C(=O)C3CCCN(CC4CC4)C3)cc2n1C. The van der Waals surface area contributed by atoms with Gasteiger partial charge in [-0.05, 0) is 62.6 Å². The first-order chi connectivity index (χ1) is 11.1. The first-order valence-electron chi connectivity index (χ1n) is 8.94. The van der Waals surface area contributed by atoms with Crippen LogP contribution < -0.4 is 0 Å². The van der Waals surface area contributed by atoms with Gasteiger partial charge in [0, 0.05) is 42.8 Å². The molecule has 1 unspecified atom stereocenters. The molecule has 0 N–H and O–H groups in total. The second-order valence-corrected chi connectivity index (χ2v) is 7.52. The highest BCUT2D eigenvalue weighted by Gasteiger charge is 2.30. The molecule has 1 aliphatic carbocycles. The fourth-order valence-corrected chi connectivity index (χ4v) is 3.96. The predicted molar refractivity (Wildman–Crippen MR) is 93.9 cm³/mol. The molecule has 2 aromatic rings. The Bertz CT molecular complexity index is 741. The number of carbonyl (C=O) groups excluding carboxylic acids is 1. The van der Waals surface area contributed by atoms with Gasteiger partial charge in [0.1, 0.15) is 0 Å². The van der Waals surface area contributed by atoms with E-state index in [1.165, 1.54) is 42.5 Å². The third-order valence-corrected chi connectivity index (χ3v) is 5.66. The van der Waals surface area contributed by atoms with Crippen LogP contribution in [-0.4, -0.2) is 34.9 Å². The van der Waals surface area contributed by atoms with E-state index in [1.807, 2.05) is 6.07 Å². The number of likely N-dealkylation sites (tertiary alicyclic amines) is 1. The summed E-state index contributed by atoms with van der Waals surface area (Å²) in [5.41, 5.74) is 3.29. The summed E-state index contributed by atoms with van der Waals surface area (Å²) in [5.74, 6) is 1.43. The summed E-state index contributed by atoms with van der Waals surface area (Å²) >= 11 is 0. The second kappa shape index (κ2) is 5.79. The monoisotopic (exact) mass is 310 g/mol. The number of fused-ring (bicyclic) bond motifs is 1. The van der Waals surface area contributed by atoms with Gasteiger partial charge in [-0.15, -0.1) is 0 Å². The minimum Gasteiger partial charge on any atom is -0.348 e. The van der Waals surface area contributed by atoms with E-state index in [0.29, 0.717) is 5.78 Å². The van der Waals surface area contributed by atoms with Crippen molar-refractivity contribution in [3.63, 3.8) is 0 Å². The van der Waals surface area contributed by atoms with E-state index >= 15 is 0 Å². The maximum absolute atomic E-state index is 13.0. The van der Waals surface area contributed by atoms with Crippen LogP contribution in [-0.2, 0) is 7.05 Å². The molecule has 2 fully saturated rings. The molecular formula is C20H26N2O. The van der Waals surface area contributed by atoms with Crippen LogP contribution >= 0.6 is 0 Å². The Labute approximate surface area is 138 Å². The molecule has 122 valence electrons. The Morgan fingerprint density at radius 3 is 2.83 bits per heavy atom. The topological polar surface area (TPSA) is 25.2 Å². The average Bonchev–Trinajstić information content (AvgIpc) is 3.33. The summed E-state index contributed by atoms with van der Waals surface area (Å²) in [7, 11) is 2.07. The van der Waals surface area contributed by atoms with Crippen LogP contribution in [0.25, 0.3) is 10.9 Å². The van der Waals surface area contributed by atoms with Gasteiger partial charge in [-0.3, -0.25) is 4.79 Å². The van der Waals surface area contributed by atoms with Crippen molar-refractivity contribution in [2.75, 3.05) is 19.6 Å². The molecule has 1 saturated carbocycles. The molecule has 1 aromatic carbocycles. The van der Waals surface area contributed by atoms with Crippen molar-refractivity contribution < 1.29 is 4.79 Å². The molecule has 1 saturated heterocycles. The van der Waals surface area contributed by atoms with E-state index in [4.69, 9.17) is 0 Å². The zero-order chi connectivity index (χ0) is 16.0. The number of hydrogen-bond donors (Lipinski definition) is 0. The number of carbonyl (C=O) groups is 1. The Morgan fingerprint density at radius 2 is 2.04 bits per heavy atom. The Morgan fingerprint density at radius 1 is 1.22 bits per heavy atom. The smallest absolute Gasteiger partial charge is 0.167 e. The van der Waals surface area contributed by atoms with E-state index in [-0.39, 0.29) is 5.92 Å². The molecule has 23 heavy (non-hydrogen) atoms. The van der Waals surface area contributed by atoms with Crippen molar-refractivity contribution >= 4 is 16.7 Å². The number of Topliss-reactive ketones (excluding diaryl/α,β-unsaturated/α-hetero) is 1. The minimum atomic E-state index is 0.182. The summed E-state index contributed by atoms with van der Waals surface area (Å²) in [6, 6.07) is 8.39. The van der Waals surface area contributed by atoms with Crippen molar-refractivity contribution in [3.05, 3.63) is 35.5 Å². The van der Waals surface area contributed by atoms with E-state index in [0.717, 1.165) is 30.9 Å². The molecule has 4 rings (SSSR count). The lowest BCUT2D eigenvalue weighted by atomic mass is 9.89. The van der Waals surface area contributed by atoms with Gasteiger partial charge in [-0.25, -0.2) is 0 Å². The lowest BCUT2D eigenvalue weighted by molar-refractivity contribution is 0.0815. The van der Waals surface area contributed by atoms with Crippen LogP contribution in [0.2, 0.25) is 0 Å². The second-order valence-electron chi connectivity index (χ2n) is 7.52. The molecule has 0 radical (unpaired) electrons. The molecule has 3 nitrogen and oxygen atoms in total. The Hall–Kier alpha value is -1.61. The molecule has 2 heterocycles. The van der Waals surface area contributed by atoms with Gasteiger partial charge < -0.3 is 9.47 Å². The summed E-state index contributed by atoms with van der Waals surface area (Å²) in [5, 5.41) is 1.22. The van der Waals surface area contributed by atoms with Crippen molar-refractivity contribution in [3.8, 4) is 0 Å². The molecule has 1 aliphatic heterocycles. The molecule has 3 heteroatoms. The zero-order valence-electron chi connectivity index (χ0n) is 14.2. The van der Waals surface area contributed by atoms with Gasteiger partial charge in [-0.2, -0.15) is 0 Å². The van der Waals surface area contributed by atoms with E-state index in [1.54, 1.807) is 0 Å². The van der Waals surface area contributed by atoms with Gasteiger partial charge in [0.25, 0.3) is 0 Å². The molecule has 1 aromatic heterocycles. The van der Waals surface area contributed by atoms with Gasteiger partial charge in [0.05, 0.1) is 0 Å². The van der Waals surface area contributed by atoms with E-state index < -0.39 is 0 Å². The number of nitrogens with zero attached hydrogens (tertiary/aromatic N) is 2. The quantitative estimate of drug-likeness (QED) is 0.803. The maximum atomic E-state index is 13.0. The highest BCUT2D eigenvalue weighted by Crippen LogP contribution is 2.32. The molecular weight excluding hydrogens is 284 g/mol. The van der Waals surface area contributed by atoms with Crippen molar-refractivity contribution in [1.82, 2.24) is 9.47 Å². The molecule has 0 amide bonds. The van der Waals surface area contributed by atoms with Crippen molar-refractivity contribution in [2.45, 2.75) is 32.6 Å². The normalized spacial score (nSPS) is 22.6. The summed E-state index contributed by atoms with van der Waals surface area (Å²) in [6.07, 6.45) is 4.98. The van der Waals surface area contributed by atoms with Crippen LogP contribution in [0.5, 0.6) is 0 Å². The Kier molecular flexibility index (Phi) is 3.76. The summed E-state index contributed by atoms with van der Waals surface area (Å²) < 4.78 is 2.17.